The number of carboxylic acid groups (broad SMARTS) is 1. The third-order valence-corrected chi connectivity index (χ3v) is 6.17. The van der Waals surface area contributed by atoms with Gasteiger partial charge in [0.15, 0.2) is 0 Å². The topological polar surface area (TPSA) is 84.7 Å². The van der Waals surface area contributed by atoms with E-state index in [1.807, 2.05) is 63.2 Å². The van der Waals surface area contributed by atoms with Crippen LogP contribution in [0.2, 0.25) is 0 Å². The number of nitrogens with zero attached hydrogens (tertiary/aromatic N) is 3. The summed E-state index contributed by atoms with van der Waals surface area (Å²) in [5.41, 5.74) is 5.92. The molecular weight excluding hydrogens is 490 g/mol. The van der Waals surface area contributed by atoms with Gasteiger partial charge in [0.25, 0.3) is 0 Å². The first-order valence-corrected chi connectivity index (χ1v) is 13.2. The van der Waals surface area contributed by atoms with Gasteiger partial charge in [-0.2, -0.15) is 0 Å². The van der Waals surface area contributed by atoms with Gasteiger partial charge in [-0.05, 0) is 68.5 Å². The van der Waals surface area contributed by atoms with Gasteiger partial charge in [-0.3, -0.25) is 0 Å². The normalized spacial score (nSPS) is 11.1. The highest BCUT2D eigenvalue weighted by Gasteiger charge is 2.20. The molecule has 1 aromatic heterocycles. The van der Waals surface area contributed by atoms with Crippen molar-refractivity contribution in [1.29, 1.82) is 0 Å². The quantitative estimate of drug-likeness (QED) is 0.284. The number of amides is 1. The van der Waals surface area contributed by atoms with Gasteiger partial charge in [-0.25, -0.2) is 14.6 Å². The van der Waals surface area contributed by atoms with E-state index in [1.165, 1.54) is 0 Å². The zero-order chi connectivity index (χ0) is 28.7. The fourth-order valence-electron chi connectivity index (χ4n) is 4.33. The molecule has 0 radical (unpaired) electrons. The molecule has 0 atom stereocenters. The Morgan fingerprint density at radius 1 is 1.03 bits per heavy atom. The molecule has 0 spiro atoms. The number of aromatic carboxylic acids is 1. The van der Waals surface area contributed by atoms with Crippen LogP contribution in [0.4, 0.5) is 4.79 Å². The lowest BCUT2D eigenvalue weighted by atomic mass is 10.00. The van der Waals surface area contributed by atoms with Crippen molar-refractivity contribution in [3.63, 3.8) is 0 Å². The highest BCUT2D eigenvalue weighted by molar-refractivity contribution is 5.95. The number of rotatable bonds is 6. The summed E-state index contributed by atoms with van der Waals surface area (Å²) in [5.74, 6) is 0.211. The molecule has 0 aliphatic carbocycles. The van der Waals surface area contributed by atoms with Crippen LogP contribution in [0.15, 0.2) is 66.7 Å². The van der Waals surface area contributed by atoms with Crippen LogP contribution < -0.4 is 0 Å². The van der Waals surface area contributed by atoms with Gasteiger partial charge in [-0.15, -0.1) is 0 Å². The summed E-state index contributed by atoms with van der Waals surface area (Å²) >= 11 is 0. The smallest absolute Gasteiger partial charge is 0.410 e. The number of carbonyl (C=O) groups is 2. The summed E-state index contributed by atoms with van der Waals surface area (Å²) in [7, 11) is 3.82. The van der Waals surface area contributed by atoms with Crippen LogP contribution in [0.3, 0.4) is 0 Å². The maximum Gasteiger partial charge on any atom is 0.410 e. The number of imidazole rings is 1. The van der Waals surface area contributed by atoms with E-state index in [9.17, 15) is 9.59 Å². The zero-order valence-electron chi connectivity index (χ0n) is 24.0. The first-order valence-electron chi connectivity index (χ1n) is 13.2. The summed E-state index contributed by atoms with van der Waals surface area (Å²) in [4.78, 5) is 29.5. The van der Waals surface area contributed by atoms with E-state index < -0.39 is 11.6 Å². The maximum absolute atomic E-state index is 12.2. The molecule has 1 amide bonds. The molecule has 0 saturated carbocycles. The molecule has 0 aliphatic heterocycles. The Bertz CT molecular complexity index is 1440. The summed E-state index contributed by atoms with van der Waals surface area (Å²) in [5, 5.41) is 9.03. The first-order chi connectivity index (χ1) is 18.4. The van der Waals surface area contributed by atoms with E-state index in [-0.39, 0.29) is 6.09 Å². The Labute approximate surface area is 231 Å². The predicted octanol–water partition coefficient (Wildman–Crippen LogP) is 7.25. The average Bonchev–Trinajstić information content (AvgIpc) is 3.20. The SMILES string of the molecule is CCCc1nc2c(C)cc(CN(C)C(=O)OC(C)(C)C)cc2n1C.O=C(O)c1ccccc1-c1ccccc1. The molecule has 7 heteroatoms. The van der Waals surface area contributed by atoms with E-state index in [1.54, 1.807) is 24.1 Å². The van der Waals surface area contributed by atoms with E-state index in [0.717, 1.165) is 52.0 Å². The van der Waals surface area contributed by atoms with Gasteiger partial charge in [0.1, 0.15) is 11.4 Å². The number of aryl methyl sites for hydroxylation is 3. The highest BCUT2D eigenvalue weighted by Crippen LogP contribution is 2.24. The van der Waals surface area contributed by atoms with Crippen LogP contribution in [0, 0.1) is 6.92 Å². The van der Waals surface area contributed by atoms with Crippen molar-refractivity contribution in [2.24, 2.45) is 7.05 Å². The van der Waals surface area contributed by atoms with Crippen molar-refractivity contribution in [2.45, 2.75) is 59.6 Å². The first kappa shape index (κ1) is 29.4. The average molecular weight is 530 g/mol. The Hall–Kier alpha value is -4.13. The second kappa shape index (κ2) is 12.6. The molecule has 0 aliphatic rings. The van der Waals surface area contributed by atoms with Gasteiger partial charge in [0.05, 0.1) is 16.6 Å². The molecule has 1 N–H and O–H groups in total. The lowest BCUT2D eigenvalue weighted by Gasteiger charge is -2.24. The molecule has 4 rings (SSSR count). The number of aromatic nitrogens is 2. The standard InChI is InChI=1S/C19H29N3O2.C13H10O2/c1-8-9-16-20-17-13(2)10-14(11-15(17)22(16)7)12-21(6)18(23)24-19(3,4)5;14-13(15)12-9-5-4-8-11(12)10-6-2-1-3-7-10/h10-11H,8-9,12H2,1-7H3;1-9H,(H,14,15). The van der Waals surface area contributed by atoms with Crippen LogP contribution >= 0.6 is 0 Å². The van der Waals surface area contributed by atoms with Crippen molar-refractivity contribution in [2.75, 3.05) is 7.05 Å². The number of hydrogen-bond donors (Lipinski definition) is 1. The third-order valence-electron chi connectivity index (χ3n) is 6.17. The molecule has 7 nitrogen and oxygen atoms in total. The number of hydrogen-bond acceptors (Lipinski definition) is 4. The van der Waals surface area contributed by atoms with Gasteiger partial charge in [0, 0.05) is 27.1 Å². The molecule has 0 fully saturated rings. The molecule has 0 bridgehead atoms. The molecule has 3 aromatic carbocycles. The summed E-state index contributed by atoms with van der Waals surface area (Å²) in [6.07, 6.45) is 1.74. The van der Waals surface area contributed by atoms with E-state index >= 15 is 0 Å². The summed E-state index contributed by atoms with van der Waals surface area (Å²) in [6.45, 7) is 10.4. The van der Waals surface area contributed by atoms with Crippen LogP contribution in [0.25, 0.3) is 22.2 Å². The molecular formula is C32H39N3O4. The van der Waals surface area contributed by atoms with E-state index in [0.29, 0.717) is 12.1 Å². The fourth-order valence-corrected chi connectivity index (χ4v) is 4.33. The fraction of sp³-hybridized carbons (Fsp3) is 0.344. The van der Waals surface area contributed by atoms with Gasteiger partial charge >= 0.3 is 12.1 Å². The number of fused-ring (bicyclic) bond motifs is 1. The largest absolute Gasteiger partial charge is 0.478 e. The zero-order valence-corrected chi connectivity index (χ0v) is 24.0. The van der Waals surface area contributed by atoms with Crippen LogP contribution in [0.1, 0.15) is 61.4 Å². The van der Waals surface area contributed by atoms with E-state index in [2.05, 4.69) is 37.6 Å². The number of carbonyl (C=O) groups excluding carboxylic acids is 1. The highest BCUT2D eigenvalue weighted by atomic mass is 16.6. The Kier molecular flexibility index (Phi) is 9.51. The van der Waals surface area contributed by atoms with Crippen LogP contribution in [-0.2, 0) is 24.8 Å². The monoisotopic (exact) mass is 529 g/mol. The van der Waals surface area contributed by atoms with Crippen molar-refractivity contribution < 1.29 is 19.4 Å². The third kappa shape index (κ3) is 7.69. The van der Waals surface area contributed by atoms with Crippen molar-refractivity contribution in [3.05, 3.63) is 89.2 Å². The lowest BCUT2D eigenvalue weighted by Crippen LogP contribution is -2.33. The molecule has 4 aromatic rings. The van der Waals surface area contributed by atoms with Crippen molar-refractivity contribution in [3.8, 4) is 11.1 Å². The molecule has 1 heterocycles. The minimum atomic E-state index is -0.894. The minimum absolute atomic E-state index is 0.308. The number of benzene rings is 3. The number of carboxylic acids is 1. The molecule has 39 heavy (non-hydrogen) atoms. The van der Waals surface area contributed by atoms with Gasteiger partial charge in [-0.1, -0.05) is 61.5 Å². The summed E-state index contributed by atoms with van der Waals surface area (Å²) in [6, 6.07) is 20.7. The number of ether oxygens (including phenoxy) is 1. The Balaban J connectivity index is 0.000000239. The predicted molar refractivity (Wildman–Crippen MR) is 156 cm³/mol. The van der Waals surface area contributed by atoms with Crippen molar-refractivity contribution >= 4 is 23.1 Å². The maximum atomic E-state index is 12.2. The molecule has 0 unspecified atom stereocenters. The summed E-state index contributed by atoms with van der Waals surface area (Å²) < 4.78 is 7.57. The molecule has 0 saturated heterocycles. The van der Waals surface area contributed by atoms with Gasteiger partial charge < -0.3 is 19.3 Å². The minimum Gasteiger partial charge on any atom is -0.478 e. The van der Waals surface area contributed by atoms with Crippen LogP contribution in [-0.4, -0.2) is 44.3 Å². The van der Waals surface area contributed by atoms with Crippen LogP contribution in [0.5, 0.6) is 0 Å². The van der Waals surface area contributed by atoms with Gasteiger partial charge in [0.2, 0.25) is 0 Å². The van der Waals surface area contributed by atoms with Crippen molar-refractivity contribution in [1.82, 2.24) is 14.5 Å². The Morgan fingerprint density at radius 3 is 2.28 bits per heavy atom. The second-order valence-corrected chi connectivity index (χ2v) is 10.7. The van der Waals surface area contributed by atoms with E-state index in [4.69, 9.17) is 14.8 Å². The second-order valence-electron chi connectivity index (χ2n) is 10.7. The Morgan fingerprint density at radius 2 is 1.67 bits per heavy atom. The lowest BCUT2D eigenvalue weighted by molar-refractivity contribution is 0.0285. The molecule has 206 valence electrons.